The largest absolute Gasteiger partial charge is 0.480 e. The molecule has 1 aliphatic heterocycles. The number of likely N-dealkylation sites (N-methyl/N-ethyl adjacent to an activating group) is 1. The number of hydrogen-bond acceptors (Lipinski definition) is 17. The molecule has 19 heteroatoms. The Hall–Kier alpha value is -5.18. The highest BCUT2D eigenvalue weighted by Crippen LogP contribution is 2.66. The number of aliphatic hydroxyl groups excluding tert-OH is 3. The zero-order valence-corrected chi connectivity index (χ0v) is 39.2. The van der Waals surface area contributed by atoms with Gasteiger partial charge in [0, 0.05) is 36.5 Å². The van der Waals surface area contributed by atoms with Gasteiger partial charge in [-0.2, -0.15) is 0 Å². The van der Waals surface area contributed by atoms with E-state index in [9.17, 15) is 54.3 Å². The van der Waals surface area contributed by atoms with Crippen molar-refractivity contribution in [2.45, 2.75) is 134 Å². The van der Waals surface area contributed by atoms with Gasteiger partial charge in [0.2, 0.25) is 6.10 Å². The summed E-state index contributed by atoms with van der Waals surface area (Å²) in [7, 11) is 1.34. The molecule has 1 amide bonds. The summed E-state index contributed by atoms with van der Waals surface area (Å²) in [4.78, 5) is 82.0. The van der Waals surface area contributed by atoms with Crippen molar-refractivity contribution in [3.05, 3.63) is 71.8 Å². The molecule has 1 saturated heterocycles. The lowest BCUT2D eigenvalue weighted by Gasteiger charge is -2.70. The minimum Gasteiger partial charge on any atom is -0.480 e. The molecule has 3 aliphatic carbocycles. The van der Waals surface area contributed by atoms with E-state index in [1.807, 2.05) is 0 Å². The number of carboxylic acids is 1. The standard InChI is InChI=1S/C48H64N2O17/c1-25-29(63-42(59)37(64-33(55)23-50(9)22-32(53)54)35(27-16-12-10-13-17-27)49-43(60)67-44(3,4)5)21-48(61)40(65-41(58)28-18-14-11-15-19-28)38-46(8,39(57)36(56)34(25)45(48,6)7)30(52)20-31-47(38,24-62-31)66-26(2)51/h10-19,25,29-31,34-40,52,56-57,61H,20-24H2,1-9H3,(H,49,60)(H,53,54)/t25?,29-,30-,31+,34+,35-,36+,37+,38-,39+,40-,46+,47-,48+/m0/s1. The Bertz CT molecular complexity index is 2170. The van der Waals surface area contributed by atoms with Crippen LogP contribution in [0.25, 0.3) is 0 Å². The quantitative estimate of drug-likeness (QED) is 0.124. The summed E-state index contributed by atoms with van der Waals surface area (Å²) in [6, 6.07) is 14.3. The molecule has 6 rings (SSSR count). The van der Waals surface area contributed by atoms with Crippen LogP contribution >= 0.6 is 0 Å². The first-order valence-electron chi connectivity index (χ1n) is 22.4. The number of benzene rings is 2. The Labute approximate surface area is 389 Å². The number of carbonyl (C=O) groups is 6. The maximum Gasteiger partial charge on any atom is 0.408 e. The monoisotopic (exact) mass is 940 g/mol. The van der Waals surface area contributed by atoms with E-state index in [4.69, 9.17) is 28.4 Å². The summed E-state index contributed by atoms with van der Waals surface area (Å²) >= 11 is 0. The molecule has 2 aromatic carbocycles. The third-order valence-corrected chi connectivity index (χ3v) is 14.4. The molecule has 0 radical (unpaired) electrons. The summed E-state index contributed by atoms with van der Waals surface area (Å²) in [5, 5.41) is 62.8. The van der Waals surface area contributed by atoms with Gasteiger partial charge >= 0.3 is 35.9 Å². The third-order valence-electron chi connectivity index (χ3n) is 14.4. The van der Waals surface area contributed by atoms with Gasteiger partial charge < -0.3 is 59.3 Å². The van der Waals surface area contributed by atoms with Crippen molar-refractivity contribution in [1.82, 2.24) is 10.2 Å². The van der Waals surface area contributed by atoms with Gasteiger partial charge in [-0.05, 0) is 51.4 Å². The van der Waals surface area contributed by atoms with Gasteiger partial charge in [0.1, 0.15) is 35.6 Å². The second-order valence-electron chi connectivity index (χ2n) is 20.3. The van der Waals surface area contributed by atoms with E-state index in [-0.39, 0.29) is 24.2 Å². The van der Waals surface area contributed by atoms with E-state index in [1.54, 1.807) is 90.1 Å². The zero-order chi connectivity index (χ0) is 49.6. The summed E-state index contributed by atoms with van der Waals surface area (Å²) in [6.07, 6.45) is -13.0. The lowest BCUT2D eigenvalue weighted by atomic mass is 9.42. The first-order valence-corrected chi connectivity index (χ1v) is 22.4. The second-order valence-corrected chi connectivity index (χ2v) is 20.3. The number of hydrogen-bond donors (Lipinski definition) is 6. The molecule has 4 fully saturated rings. The molecule has 2 bridgehead atoms. The number of aliphatic carboxylic acids is 1. The summed E-state index contributed by atoms with van der Waals surface area (Å²) in [5.41, 5.74) is -8.17. The molecule has 2 aromatic rings. The van der Waals surface area contributed by atoms with Crippen molar-refractivity contribution in [2.75, 3.05) is 26.7 Å². The number of nitrogens with one attached hydrogen (secondary N) is 1. The van der Waals surface area contributed by atoms with Crippen molar-refractivity contribution in [3.63, 3.8) is 0 Å². The van der Waals surface area contributed by atoms with Gasteiger partial charge in [-0.15, -0.1) is 0 Å². The summed E-state index contributed by atoms with van der Waals surface area (Å²) < 4.78 is 36.0. The van der Waals surface area contributed by atoms with Gasteiger partial charge in [-0.1, -0.05) is 76.2 Å². The Balaban J connectivity index is 1.49. The van der Waals surface area contributed by atoms with Crippen LogP contribution in [0.5, 0.6) is 0 Å². The molecule has 19 nitrogen and oxygen atoms in total. The van der Waals surface area contributed by atoms with Crippen molar-refractivity contribution in [3.8, 4) is 0 Å². The van der Waals surface area contributed by atoms with Crippen molar-refractivity contribution in [2.24, 2.45) is 28.6 Å². The molecule has 67 heavy (non-hydrogen) atoms. The lowest BCUT2D eigenvalue weighted by molar-refractivity contribution is -0.379. The van der Waals surface area contributed by atoms with Crippen LogP contribution in [0.3, 0.4) is 0 Å². The van der Waals surface area contributed by atoms with E-state index in [0.29, 0.717) is 0 Å². The molecule has 0 spiro atoms. The Morgan fingerprint density at radius 1 is 0.925 bits per heavy atom. The number of nitrogens with zero attached hydrogens (tertiary/aromatic N) is 1. The predicted octanol–water partition coefficient (Wildman–Crippen LogP) is 2.55. The number of rotatable bonds is 13. The number of esters is 4. The molecule has 368 valence electrons. The van der Waals surface area contributed by atoms with Gasteiger partial charge in [0.15, 0.2) is 5.60 Å². The highest BCUT2D eigenvalue weighted by molar-refractivity contribution is 5.89. The number of aliphatic hydroxyl groups is 4. The fourth-order valence-corrected chi connectivity index (χ4v) is 11.2. The maximum atomic E-state index is 15.0. The summed E-state index contributed by atoms with van der Waals surface area (Å²) in [6.45, 7) is 10.9. The lowest BCUT2D eigenvalue weighted by Crippen LogP contribution is -2.83. The molecule has 6 N–H and O–H groups in total. The van der Waals surface area contributed by atoms with Crippen LogP contribution in [0.15, 0.2) is 60.7 Å². The number of carboxylic acid groups (broad SMARTS) is 1. The minimum absolute atomic E-state index is 0.0689. The molecule has 0 aromatic heterocycles. The summed E-state index contributed by atoms with van der Waals surface area (Å²) in [5.74, 6) is -8.90. The van der Waals surface area contributed by atoms with E-state index >= 15 is 0 Å². The van der Waals surface area contributed by atoms with Crippen LogP contribution in [-0.4, -0.2) is 153 Å². The van der Waals surface area contributed by atoms with Crippen LogP contribution in [-0.2, 0) is 47.6 Å². The number of alkyl carbamates (subject to hydrolysis) is 1. The normalized spacial score (nSPS) is 33.9. The molecule has 1 unspecified atom stereocenters. The average Bonchev–Trinajstić information content (AvgIpc) is 3.22. The minimum atomic E-state index is -2.36. The average molecular weight is 941 g/mol. The van der Waals surface area contributed by atoms with E-state index < -0.39 is 150 Å². The number of fused-ring (bicyclic) bond motifs is 5. The maximum absolute atomic E-state index is 15.0. The van der Waals surface area contributed by atoms with Gasteiger partial charge in [0.05, 0.1) is 49.5 Å². The van der Waals surface area contributed by atoms with Crippen molar-refractivity contribution < 1.29 is 82.7 Å². The fourth-order valence-electron chi connectivity index (χ4n) is 11.2. The van der Waals surface area contributed by atoms with Crippen molar-refractivity contribution >= 4 is 35.9 Å². The number of carbonyl (C=O) groups excluding carboxylic acids is 5. The topological polar surface area (TPSA) is 274 Å². The van der Waals surface area contributed by atoms with Gasteiger partial charge in [-0.25, -0.2) is 14.4 Å². The van der Waals surface area contributed by atoms with Crippen LogP contribution < -0.4 is 5.32 Å². The first kappa shape index (κ1) is 51.2. The van der Waals surface area contributed by atoms with E-state index in [2.05, 4.69) is 5.32 Å². The Morgan fingerprint density at radius 2 is 1.54 bits per heavy atom. The SMILES string of the molecule is CC(=O)O[C@@]12CO[C@@H]1C[C@H](O)[C@@]1(C)[C@H](O)[C@H](O)[C@H]3C(C)[C@@H](OC(=O)[C@H](OC(=O)CN(C)CC(=O)O)[C@@H](NC(=O)OC(C)(C)C)c4ccccc4)C[C@@](O)([C@@H](OC(=O)c4ccccc4)[C@H]21)C3(C)C. The third kappa shape index (κ3) is 9.76. The first-order chi connectivity index (χ1) is 31.2. The zero-order valence-electron chi connectivity index (χ0n) is 39.2. The van der Waals surface area contributed by atoms with E-state index in [1.165, 1.54) is 26.1 Å². The molecular formula is C48H64N2O17. The van der Waals surface area contributed by atoms with Crippen LogP contribution in [0.1, 0.15) is 90.2 Å². The smallest absolute Gasteiger partial charge is 0.408 e. The van der Waals surface area contributed by atoms with Crippen molar-refractivity contribution in [1.29, 1.82) is 0 Å². The van der Waals surface area contributed by atoms with Gasteiger partial charge in [-0.3, -0.25) is 19.3 Å². The Morgan fingerprint density at radius 3 is 2.09 bits per heavy atom. The number of ether oxygens (including phenoxy) is 6. The number of amides is 1. The molecular weight excluding hydrogens is 877 g/mol. The van der Waals surface area contributed by atoms with Crippen LogP contribution in [0, 0.1) is 28.6 Å². The molecule has 14 atom stereocenters. The second kappa shape index (κ2) is 19.1. The highest BCUT2D eigenvalue weighted by atomic mass is 16.6. The fraction of sp³-hybridized carbons (Fsp3) is 0.625. The predicted molar refractivity (Wildman–Crippen MR) is 234 cm³/mol. The van der Waals surface area contributed by atoms with Crippen LogP contribution in [0.2, 0.25) is 0 Å². The highest BCUT2D eigenvalue weighted by Gasteiger charge is 2.79. The van der Waals surface area contributed by atoms with Gasteiger partial charge in [0.25, 0.3) is 0 Å². The Kier molecular flexibility index (Phi) is 14.6. The van der Waals surface area contributed by atoms with E-state index in [0.717, 1.165) is 11.8 Å². The molecule has 4 aliphatic rings. The molecule has 3 saturated carbocycles. The van der Waals surface area contributed by atoms with Crippen LogP contribution in [0.4, 0.5) is 4.79 Å². The molecule has 1 heterocycles.